The SMILES string of the molecule is COc1c(N2CCNC(C)C2)c(F)c[n+]2c1C(C1CC1)C=C1C2=Nc2ccc(F)cc21. The van der Waals surface area contributed by atoms with Crippen LogP contribution in [0.5, 0.6) is 5.75 Å². The molecule has 1 saturated heterocycles. The molecule has 5 nitrogen and oxygen atoms in total. The largest absolute Gasteiger partial charge is 0.491 e. The minimum Gasteiger partial charge on any atom is -0.491 e. The van der Waals surface area contributed by atoms with Crippen molar-refractivity contribution in [3.05, 3.63) is 53.4 Å². The molecule has 7 heteroatoms. The quantitative estimate of drug-likeness (QED) is 0.768. The lowest BCUT2D eigenvalue weighted by Crippen LogP contribution is -2.52. The maximum Gasteiger partial charge on any atom is 0.336 e. The van der Waals surface area contributed by atoms with Gasteiger partial charge in [-0.3, -0.25) is 0 Å². The number of aliphatic imine (C=N–C) groups is 1. The van der Waals surface area contributed by atoms with Gasteiger partial charge in [-0.05, 0) is 48.9 Å². The molecule has 1 aromatic heterocycles. The monoisotopic (exact) mass is 423 g/mol. The molecule has 0 bridgehead atoms. The minimum absolute atomic E-state index is 0.0813. The van der Waals surface area contributed by atoms with Crippen LogP contribution >= 0.6 is 0 Å². The van der Waals surface area contributed by atoms with Crippen molar-refractivity contribution in [1.82, 2.24) is 5.32 Å². The predicted molar refractivity (Wildman–Crippen MR) is 115 cm³/mol. The molecule has 0 amide bonds. The molecule has 6 rings (SSSR count). The van der Waals surface area contributed by atoms with Gasteiger partial charge < -0.3 is 15.0 Å². The Kier molecular flexibility index (Phi) is 4.18. The number of nitrogens with zero attached hydrogens (tertiary/aromatic N) is 3. The highest BCUT2D eigenvalue weighted by Crippen LogP contribution is 2.51. The number of benzene rings is 1. The summed E-state index contributed by atoms with van der Waals surface area (Å²) in [5.74, 6) is 1.18. The first-order valence-corrected chi connectivity index (χ1v) is 11.0. The molecule has 1 aliphatic carbocycles. The van der Waals surface area contributed by atoms with Crippen molar-refractivity contribution >= 4 is 22.8 Å². The van der Waals surface area contributed by atoms with Crippen LogP contribution in [0.15, 0.2) is 35.5 Å². The second kappa shape index (κ2) is 6.85. The van der Waals surface area contributed by atoms with Crippen LogP contribution < -0.4 is 19.5 Å². The highest BCUT2D eigenvalue weighted by Gasteiger charge is 2.47. The van der Waals surface area contributed by atoms with E-state index in [0.29, 0.717) is 23.2 Å². The maximum atomic E-state index is 15.6. The van der Waals surface area contributed by atoms with Gasteiger partial charge in [-0.25, -0.2) is 8.78 Å². The molecule has 160 valence electrons. The first kappa shape index (κ1) is 18.9. The topological polar surface area (TPSA) is 40.7 Å². The Balaban J connectivity index is 1.56. The summed E-state index contributed by atoms with van der Waals surface area (Å²) in [6.45, 7) is 4.35. The van der Waals surface area contributed by atoms with Gasteiger partial charge in [0.15, 0.2) is 22.9 Å². The molecule has 4 heterocycles. The number of allylic oxidation sites excluding steroid dienone is 2. The summed E-state index contributed by atoms with van der Waals surface area (Å²) in [7, 11) is 1.62. The second-order valence-electron chi connectivity index (χ2n) is 8.96. The van der Waals surface area contributed by atoms with Gasteiger partial charge in [-0.2, -0.15) is 4.57 Å². The number of anilines is 1. The number of nitrogens with one attached hydrogen (secondary N) is 1. The van der Waals surface area contributed by atoms with E-state index >= 15 is 4.39 Å². The highest BCUT2D eigenvalue weighted by molar-refractivity contribution is 6.24. The molecule has 3 aliphatic heterocycles. The van der Waals surface area contributed by atoms with E-state index in [9.17, 15) is 4.39 Å². The minimum atomic E-state index is -0.324. The first-order chi connectivity index (χ1) is 15.0. The number of hydrogen-bond donors (Lipinski definition) is 1. The molecule has 2 unspecified atom stereocenters. The lowest BCUT2D eigenvalue weighted by atomic mass is 9.88. The first-order valence-electron chi connectivity index (χ1n) is 11.0. The summed E-state index contributed by atoms with van der Waals surface area (Å²) in [5, 5.41) is 3.41. The predicted octanol–water partition coefficient (Wildman–Crippen LogP) is 3.54. The van der Waals surface area contributed by atoms with Crippen LogP contribution in [-0.2, 0) is 0 Å². The van der Waals surface area contributed by atoms with Gasteiger partial charge >= 0.3 is 5.84 Å². The Morgan fingerprint density at radius 3 is 2.84 bits per heavy atom. The molecular weight excluding hydrogens is 398 g/mol. The van der Waals surface area contributed by atoms with E-state index in [1.807, 2.05) is 4.57 Å². The average Bonchev–Trinajstić information content (AvgIpc) is 3.53. The lowest BCUT2D eigenvalue weighted by Gasteiger charge is -2.35. The van der Waals surface area contributed by atoms with Gasteiger partial charge in [0, 0.05) is 37.2 Å². The Hall–Kier alpha value is -2.80. The van der Waals surface area contributed by atoms with E-state index in [1.165, 1.54) is 12.1 Å². The molecular formula is C24H25F2N4O+. The van der Waals surface area contributed by atoms with Gasteiger partial charge in [0.05, 0.1) is 12.7 Å². The Morgan fingerprint density at radius 2 is 2.10 bits per heavy atom. The van der Waals surface area contributed by atoms with Crippen molar-refractivity contribution in [1.29, 1.82) is 0 Å². The van der Waals surface area contributed by atoms with Crippen LogP contribution in [0.4, 0.5) is 20.2 Å². The van der Waals surface area contributed by atoms with E-state index in [4.69, 9.17) is 9.73 Å². The number of fused-ring (bicyclic) bond motifs is 5. The fourth-order valence-corrected chi connectivity index (χ4v) is 5.24. The third-order valence-corrected chi connectivity index (χ3v) is 6.80. The van der Waals surface area contributed by atoms with Crippen molar-refractivity contribution in [3.63, 3.8) is 0 Å². The highest BCUT2D eigenvalue weighted by atomic mass is 19.1. The molecule has 2 atom stereocenters. The normalized spacial score (nSPS) is 24.2. The fourth-order valence-electron chi connectivity index (χ4n) is 5.24. The van der Waals surface area contributed by atoms with Crippen molar-refractivity contribution < 1.29 is 18.1 Å². The van der Waals surface area contributed by atoms with E-state index in [1.54, 1.807) is 19.4 Å². The zero-order valence-electron chi connectivity index (χ0n) is 17.7. The number of piperazine rings is 1. The standard InChI is InChI=1S/C24H25F2N4O/c1-13-11-29(8-7-27-13)22-19(26)12-30-21(23(22)31-2)16(14-3-4-14)10-18-17-9-15(25)5-6-20(17)28-24(18)30/h5-6,9-10,12-14,16,27H,3-4,7-8,11H2,1-2H3/q+1. The molecule has 2 fully saturated rings. The van der Waals surface area contributed by atoms with Crippen LogP contribution in [0.25, 0.3) is 5.57 Å². The lowest BCUT2D eigenvalue weighted by molar-refractivity contribution is -0.566. The summed E-state index contributed by atoms with van der Waals surface area (Å²) in [6.07, 6.45) is 5.99. The summed E-state index contributed by atoms with van der Waals surface area (Å²) >= 11 is 0. The molecule has 1 saturated carbocycles. The Morgan fingerprint density at radius 1 is 1.26 bits per heavy atom. The van der Waals surface area contributed by atoms with Gasteiger partial charge in [-0.1, -0.05) is 6.08 Å². The van der Waals surface area contributed by atoms with Gasteiger partial charge in [-0.15, -0.1) is 0 Å². The zero-order chi connectivity index (χ0) is 21.3. The van der Waals surface area contributed by atoms with Crippen LogP contribution in [0, 0.1) is 17.6 Å². The van der Waals surface area contributed by atoms with Gasteiger partial charge in [0.2, 0.25) is 0 Å². The fraction of sp³-hybridized carbons (Fsp3) is 0.417. The van der Waals surface area contributed by atoms with E-state index < -0.39 is 0 Å². The van der Waals surface area contributed by atoms with E-state index in [-0.39, 0.29) is 23.6 Å². The summed E-state index contributed by atoms with van der Waals surface area (Å²) in [5.41, 5.74) is 3.86. The van der Waals surface area contributed by atoms with E-state index in [2.05, 4.69) is 23.2 Å². The number of aromatic nitrogens is 1. The zero-order valence-corrected chi connectivity index (χ0v) is 17.7. The number of hydrogen-bond acceptors (Lipinski definition) is 4. The van der Waals surface area contributed by atoms with Crippen LogP contribution in [0.1, 0.15) is 36.9 Å². The van der Waals surface area contributed by atoms with Crippen molar-refractivity contribution in [2.45, 2.75) is 31.7 Å². The molecule has 0 spiro atoms. The number of pyridine rings is 1. The molecule has 1 N–H and O–H groups in total. The van der Waals surface area contributed by atoms with Crippen molar-refractivity contribution in [2.24, 2.45) is 10.9 Å². The third-order valence-electron chi connectivity index (χ3n) is 6.80. The van der Waals surface area contributed by atoms with E-state index in [0.717, 1.165) is 55.0 Å². The van der Waals surface area contributed by atoms with Crippen molar-refractivity contribution in [2.75, 3.05) is 31.6 Å². The summed E-state index contributed by atoms with van der Waals surface area (Å²) < 4.78 is 37.4. The smallest absolute Gasteiger partial charge is 0.336 e. The average molecular weight is 423 g/mol. The third kappa shape index (κ3) is 2.90. The second-order valence-corrected chi connectivity index (χ2v) is 8.96. The Labute approximate surface area is 180 Å². The van der Waals surface area contributed by atoms with Crippen molar-refractivity contribution in [3.8, 4) is 5.75 Å². The molecule has 2 aromatic rings. The van der Waals surface area contributed by atoms with Crippen LogP contribution in [0.3, 0.4) is 0 Å². The van der Waals surface area contributed by atoms with Crippen LogP contribution in [-0.4, -0.2) is 38.6 Å². The number of ether oxygens (including phenoxy) is 1. The van der Waals surface area contributed by atoms with Gasteiger partial charge in [0.25, 0.3) is 0 Å². The molecule has 0 radical (unpaired) electrons. The summed E-state index contributed by atoms with van der Waals surface area (Å²) in [4.78, 5) is 6.82. The number of rotatable bonds is 3. The molecule has 4 aliphatic rings. The molecule has 31 heavy (non-hydrogen) atoms. The molecule has 1 aromatic carbocycles. The number of halogens is 2. The maximum absolute atomic E-state index is 15.6. The summed E-state index contributed by atoms with van der Waals surface area (Å²) in [6, 6.07) is 4.90. The van der Waals surface area contributed by atoms with Gasteiger partial charge in [0.1, 0.15) is 17.7 Å². The Bertz CT molecular complexity index is 1150. The van der Waals surface area contributed by atoms with Crippen LogP contribution in [0.2, 0.25) is 0 Å². The number of methoxy groups -OCH3 is 1.